The summed E-state index contributed by atoms with van der Waals surface area (Å²) in [7, 11) is -3.69. The lowest BCUT2D eigenvalue weighted by Gasteiger charge is -2.19. The minimum absolute atomic E-state index is 0.0150. The zero-order valence-corrected chi connectivity index (χ0v) is 15.9. The molecule has 0 unspecified atom stereocenters. The van der Waals surface area contributed by atoms with E-state index < -0.39 is 21.7 Å². The zero-order chi connectivity index (χ0) is 19.5. The van der Waals surface area contributed by atoms with Gasteiger partial charge in [0.05, 0.1) is 0 Å². The second kappa shape index (κ2) is 10.6. The first-order chi connectivity index (χ1) is 12.2. The topological polar surface area (TPSA) is 78.9 Å². The van der Waals surface area contributed by atoms with Gasteiger partial charge in [-0.15, -0.1) is 0 Å². The molecule has 1 aromatic carbocycles. The monoisotopic (exact) mass is 378 g/mol. The van der Waals surface area contributed by atoms with E-state index in [1.807, 2.05) is 0 Å². The molecule has 0 atom stereocenters. The van der Waals surface area contributed by atoms with Crippen LogP contribution in [-0.4, -0.2) is 39.8 Å². The summed E-state index contributed by atoms with van der Waals surface area (Å²) in [5.41, 5.74) is 0.0840. The quantitative estimate of drug-likeness (QED) is 0.312. The molecule has 0 radical (unpaired) electrons. The van der Waals surface area contributed by atoms with E-state index in [-0.39, 0.29) is 25.6 Å². The summed E-state index contributed by atoms with van der Waals surface area (Å²) in [5.74, 6) is 9.32. The number of rotatable bonds is 7. The minimum atomic E-state index is -3.69. The maximum atomic E-state index is 11.7. The molecule has 0 fully saturated rings. The summed E-state index contributed by atoms with van der Waals surface area (Å²) in [6.07, 6.45) is 0. The average molecular weight is 378 g/mol. The molecule has 6 nitrogen and oxygen atoms in total. The lowest BCUT2D eigenvalue weighted by Crippen LogP contribution is -2.26. The van der Waals surface area contributed by atoms with Gasteiger partial charge >= 0.3 is 5.97 Å². The number of carbonyl (C=O) groups is 1. The van der Waals surface area contributed by atoms with Crippen molar-refractivity contribution in [2.45, 2.75) is 32.1 Å². The molecule has 0 aliphatic rings. The molecule has 0 spiro atoms. The maximum absolute atomic E-state index is 11.7. The first-order valence-corrected chi connectivity index (χ1v) is 9.42. The van der Waals surface area contributed by atoms with E-state index in [1.54, 1.807) is 51.1 Å². The van der Waals surface area contributed by atoms with Crippen molar-refractivity contribution in [2.75, 3.05) is 19.8 Å². The molecule has 0 amide bonds. The van der Waals surface area contributed by atoms with Crippen molar-refractivity contribution in [3.63, 3.8) is 0 Å². The third kappa shape index (κ3) is 11.3. The summed E-state index contributed by atoms with van der Waals surface area (Å²) in [5, 5.41) is 0. The van der Waals surface area contributed by atoms with Crippen LogP contribution in [0.2, 0.25) is 0 Å². The Morgan fingerprint density at radius 2 is 1.65 bits per heavy atom. The van der Waals surface area contributed by atoms with Crippen molar-refractivity contribution >= 4 is 16.1 Å². The molecule has 26 heavy (non-hydrogen) atoms. The van der Waals surface area contributed by atoms with Gasteiger partial charge in [-0.25, -0.2) is 4.79 Å². The van der Waals surface area contributed by atoms with Gasteiger partial charge in [0.1, 0.15) is 31.2 Å². The van der Waals surface area contributed by atoms with Gasteiger partial charge in [-0.05, 0) is 38.2 Å². The number of hydrogen-bond acceptors (Lipinski definition) is 6. The van der Waals surface area contributed by atoms with Gasteiger partial charge in [-0.2, -0.15) is 8.42 Å². The predicted octanol–water partition coefficient (Wildman–Crippen LogP) is 1.90. The Morgan fingerprint density at radius 3 is 2.27 bits per heavy atom. The van der Waals surface area contributed by atoms with Gasteiger partial charge < -0.3 is 9.47 Å². The summed E-state index contributed by atoms with van der Waals surface area (Å²) in [6, 6.07) is 8.72. The molecule has 7 heteroatoms. The Balaban J connectivity index is 2.25. The molecular formula is C19H22O6S. The van der Waals surface area contributed by atoms with Crippen molar-refractivity contribution in [1.29, 1.82) is 0 Å². The lowest BCUT2D eigenvalue weighted by atomic mass is 10.2. The van der Waals surface area contributed by atoms with Gasteiger partial charge in [0.2, 0.25) is 0 Å². The normalized spacial score (nSPS) is 10.9. The highest BCUT2D eigenvalue weighted by Gasteiger charge is 2.15. The van der Waals surface area contributed by atoms with Gasteiger partial charge in [0.25, 0.3) is 10.1 Å². The van der Waals surface area contributed by atoms with Gasteiger partial charge in [-0.1, -0.05) is 42.2 Å². The van der Waals surface area contributed by atoms with Gasteiger partial charge in [-0.3, -0.25) is 4.18 Å². The van der Waals surface area contributed by atoms with Crippen molar-refractivity contribution in [3.8, 4) is 23.7 Å². The third-order valence-electron chi connectivity index (χ3n) is 2.55. The highest BCUT2D eigenvalue weighted by Crippen LogP contribution is 2.07. The Morgan fingerprint density at radius 1 is 1.04 bits per heavy atom. The number of ether oxygens (including phenoxy) is 2. The molecule has 1 aromatic rings. The Bertz CT molecular complexity index is 799. The van der Waals surface area contributed by atoms with E-state index in [1.165, 1.54) is 0 Å². The molecule has 0 heterocycles. The molecule has 1 rings (SSSR count). The number of carbonyl (C=O) groups excluding carboxylic acids is 1. The van der Waals surface area contributed by atoms with E-state index in [0.29, 0.717) is 5.56 Å². The molecule has 0 aromatic heterocycles. The number of esters is 1. The SMILES string of the molecule is CC(C)(C)OC(=O)COCC#CC#CCOS(=O)(=O)Cc1ccccc1. The van der Waals surface area contributed by atoms with E-state index in [0.717, 1.165) is 0 Å². The highest BCUT2D eigenvalue weighted by molar-refractivity contribution is 7.85. The number of hydrogen-bond donors (Lipinski definition) is 0. The van der Waals surface area contributed by atoms with Crippen molar-refractivity contribution in [2.24, 2.45) is 0 Å². The fourth-order valence-electron chi connectivity index (χ4n) is 1.66. The molecule has 140 valence electrons. The van der Waals surface area contributed by atoms with Crippen LogP contribution in [0, 0.1) is 23.7 Å². The fourth-order valence-corrected chi connectivity index (χ4v) is 2.58. The third-order valence-corrected chi connectivity index (χ3v) is 3.71. The Hall–Kier alpha value is -2.32. The van der Waals surface area contributed by atoms with Crippen LogP contribution < -0.4 is 0 Å². The summed E-state index contributed by atoms with van der Waals surface area (Å²) in [4.78, 5) is 11.4. The smallest absolute Gasteiger partial charge is 0.332 e. The van der Waals surface area contributed by atoms with E-state index in [9.17, 15) is 13.2 Å². The van der Waals surface area contributed by atoms with Crippen molar-refractivity contribution in [3.05, 3.63) is 35.9 Å². The largest absolute Gasteiger partial charge is 0.458 e. The Labute approximate surface area is 155 Å². The highest BCUT2D eigenvalue weighted by atomic mass is 32.2. The van der Waals surface area contributed by atoms with Crippen molar-refractivity contribution in [1.82, 2.24) is 0 Å². The van der Waals surface area contributed by atoms with Crippen LogP contribution in [0.1, 0.15) is 26.3 Å². The second-order valence-corrected chi connectivity index (χ2v) is 7.77. The number of benzene rings is 1. The maximum Gasteiger partial charge on any atom is 0.332 e. The van der Waals surface area contributed by atoms with Gasteiger partial charge in [0.15, 0.2) is 0 Å². The Kier molecular flexibility index (Phi) is 8.87. The van der Waals surface area contributed by atoms with Crippen LogP contribution in [0.4, 0.5) is 0 Å². The molecule has 0 saturated carbocycles. The van der Waals surface area contributed by atoms with Crippen LogP contribution in [0.15, 0.2) is 30.3 Å². The summed E-state index contributed by atoms with van der Waals surface area (Å²) in [6.45, 7) is 4.84. The van der Waals surface area contributed by atoms with E-state index in [4.69, 9.17) is 13.7 Å². The zero-order valence-electron chi connectivity index (χ0n) is 15.1. The van der Waals surface area contributed by atoms with Crippen LogP contribution in [0.5, 0.6) is 0 Å². The molecular weight excluding hydrogens is 356 g/mol. The van der Waals surface area contributed by atoms with Crippen molar-refractivity contribution < 1.29 is 26.9 Å². The minimum Gasteiger partial charge on any atom is -0.458 e. The van der Waals surface area contributed by atoms with Crippen LogP contribution in [0.3, 0.4) is 0 Å². The van der Waals surface area contributed by atoms with Crippen LogP contribution >= 0.6 is 0 Å². The molecule has 0 N–H and O–H groups in total. The first kappa shape index (κ1) is 21.7. The lowest BCUT2D eigenvalue weighted by molar-refractivity contribution is -0.159. The molecule has 0 bridgehead atoms. The van der Waals surface area contributed by atoms with Gasteiger partial charge in [0, 0.05) is 0 Å². The second-order valence-electron chi connectivity index (χ2n) is 6.13. The molecule has 0 saturated heterocycles. The standard InChI is InChI=1S/C19H22O6S/c1-19(2,3)25-18(20)15-23-13-9-4-5-10-14-24-26(21,22)16-17-11-7-6-8-12-17/h6-8,11-12H,13-16H2,1-3H3. The van der Waals surface area contributed by atoms with Crippen LogP contribution in [0.25, 0.3) is 0 Å². The summed E-state index contributed by atoms with van der Waals surface area (Å²) >= 11 is 0. The first-order valence-electron chi connectivity index (χ1n) is 7.84. The van der Waals surface area contributed by atoms with E-state index in [2.05, 4.69) is 23.7 Å². The average Bonchev–Trinajstić information content (AvgIpc) is 2.52. The predicted molar refractivity (Wildman–Crippen MR) is 97.2 cm³/mol. The fraction of sp³-hybridized carbons (Fsp3) is 0.421. The van der Waals surface area contributed by atoms with E-state index >= 15 is 0 Å². The molecule has 0 aliphatic carbocycles. The summed E-state index contributed by atoms with van der Waals surface area (Å²) < 4.78 is 38.4. The molecule has 0 aliphatic heterocycles. The van der Waals surface area contributed by atoms with Crippen LogP contribution in [-0.2, 0) is 34.3 Å².